The Morgan fingerprint density at radius 2 is 2.00 bits per heavy atom. The lowest BCUT2D eigenvalue weighted by molar-refractivity contribution is -0.128. The topological polar surface area (TPSA) is 59.8 Å². The summed E-state index contributed by atoms with van der Waals surface area (Å²) < 4.78 is 10.2. The second kappa shape index (κ2) is 6.56. The van der Waals surface area contributed by atoms with Crippen molar-refractivity contribution in [3.8, 4) is 5.75 Å². The molecule has 5 nitrogen and oxygen atoms in total. The summed E-state index contributed by atoms with van der Waals surface area (Å²) in [5.41, 5.74) is 0.459. The first-order valence-corrected chi connectivity index (χ1v) is 6.31. The Morgan fingerprint density at radius 1 is 1.19 bits per heavy atom. The number of amides is 1. The number of furan rings is 1. The molecular formula is C16H15NO4. The third-order valence-electron chi connectivity index (χ3n) is 2.63. The molecule has 0 fully saturated rings. The summed E-state index contributed by atoms with van der Waals surface area (Å²) in [5.74, 6) is 0.181. The van der Waals surface area contributed by atoms with Gasteiger partial charge in [0.25, 0.3) is 5.91 Å². The van der Waals surface area contributed by atoms with Gasteiger partial charge < -0.3 is 14.1 Å². The van der Waals surface area contributed by atoms with Crippen LogP contribution in [0, 0.1) is 0 Å². The Labute approximate surface area is 122 Å². The van der Waals surface area contributed by atoms with E-state index in [0.29, 0.717) is 17.1 Å². The van der Waals surface area contributed by atoms with Gasteiger partial charge in [-0.1, -0.05) is 6.07 Å². The molecule has 21 heavy (non-hydrogen) atoms. The molecule has 1 aromatic carbocycles. The molecule has 108 valence electrons. The number of ether oxygens (including phenoxy) is 1. The average Bonchev–Trinajstić information content (AvgIpc) is 2.98. The highest BCUT2D eigenvalue weighted by Gasteiger charge is 2.09. The Balaban J connectivity index is 2.04. The number of carbonyl (C=O) groups is 2. The lowest BCUT2D eigenvalue weighted by Crippen LogP contribution is -2.21. The van der Waals surface area contributed by atoms with E-state index in [1.807, 2.05) is 0 Å². The first-order valence-electron chi connectivity index (χ1n) is 6.31. The molecule has 0 N–H and O–H groups in total. The number of rotatable bonds is 4. The van der Waals surface area contributed by atoms with Crippen LogP contribution >= 0.6 is 0 Å². The number of benzene rings is 1. The van der Waals surface area contributed by atoms with Gasteiger partial charge in [-0.05, 0) is 36.4 Å². The Hall–Kier alpha value is -2.82. The molecule has 0 aliphatic heterocycles. The molecule has 0 radical (unpaired) electrons. The molecule has 0 bridgehead atoms. The van der Waals surface area contributed by atoms with Crippen molar-refractivity contribution in [3.63, 3.8) is 0 Å². The normalized spacial score (nSPS) is 10.6. The van der Waals surface area contributed by atoms with E-state index in [9.17, 15) is 9.59 Å². The summed E-state index contributed by atoms with van der Waals surface area (Å²) in [6, 6.07) is 9.92. The molecule has 2 aromatic rings. The molecule has 0 spiro atoms. The van der Waals surface area contributed by atoms with Crippen molar-refractivity contribution in [2.45, 2.75) is 0 Å². The fourth-order valence-electron chi connectivity index (χ4n) is 1.64. The van der Waals surface area contributed by atoms with Gasteiger partial charge in [0.2, 0.25) is 0 Å². The number of carbonyl (C=O) groups excluding carboxylic acids is 2. The maximum absolute atomic E-state index is 11.8. The van der Waals surface area contributed by atoms with E-state index in [0.717, 1.165) is 0 Å². The molecule has 0 aliphatic rings. The van der Waals surface area contributed by atoms with Gasteiger partial charge >= 0.3 is 5.97 Å². The molecule has 5 heteroatoms. The lowest BCUT2D eigenvalue weighted by Gasteiger charge is -2.10. The number of esters is 1. The molecule has 0 saturated carbocycles. The quantitative estimate of drug-likeness (QED) is 0.492. The van der Waals surface area contributed by atoms with Crippen LogP contribution in [0.5, 0.6) is 5.75 Å². The zero-order valence-corrected chi connectivity index (χ0v) is 11.8. The molecule has 2 rings (SSSR count). The molecule has 0 unspecified atom stereocenters. The van der Waals surface area contributed by atoms with Gasteiger partial charge in [0.05, 0.1) is 6.26 Å². The second-order valence-corrected chi connectivity index (χ2v) is 4.50. The van der Waals surface area contributed by atoms with Crippen LogP contribution in [-0.4, -0.2) is 30.9 Å². The van der Waals surface area contributed by atoms with Crippen LogP contribution in [0.4, 0.5) is 0 Å². The molecule has 0 aliphatic carbocycles. The van der Waals surface area contributed by atoms with Crippen LogP contribution < -0.4 is 4.74 Å². The Bertz CT molecular complexity index is 657. The van der Waals surface area contributed by atoms with Gasteiger partial charge in [-0.25, -0.2) is 4.79 Å². The summed E-state index contributed by atoms with van der Waals surface area (Å²) in [6.07, 6.45) is 4.29. The van der Waals surface area contributed by atoms with Crippen LogP contribution in [0.1, 0.15) is 16.1 Å². The monoisotopic (exact) mass is 285 g/mol. The van der Waals surface area contributed by atoms with Crippen LogP contribution in [0.2, 0.25) is 0 Å². The van der Waals surface area contributed by atoms with E-state index in [1.165, 1.54) is 29.4 Å². The van der Waals surface area contributed by atoms with Crippen molar-refractivity contribution < 1.29 is 18.7 Å². The second-order valence-electron chi connectivity index (χ2n) is 4.50. The smallest absolute Gasteiger partial charge is 0.336 e. The number of hydrogen-bond acceptors (Lipinski definition) is 4. The summed E-state index contributed by atoms with van der Waals surface area (Å²) in [5, 5.41) is 0. The van der Waals surface area contributed by atoms with E-state index in [4.69, 9.17) is 9.15 Å². The van der Waals surface area contributed by atoms with E-state index in [-0.39, 0.29) is 5.91 Å². The third kappa shape index (κ3) is 4.07. The maximum Gasteiger partial charge on any atom is 0.336 e. The van der Waals surface area contributed by atoms with Crippen molar-refractivity contribution in [2.75, 3.05) is 14.1 Å². The molecule has 1 amide bonds. The van der Waals surface area contributed by atoms with Crippen LogP contribution in [0.3, 0.4) is 0 Å². The van der Waals surface area contributed by atoms with E-state index in [1.54, 1.807) is 44.4 Å². The third-order valence-corrected chi connectivity index (χ3v) is 2.63. The minimum absolute atomic E-state index is 0.154. The predicted octanol–water partition coefficient (Wildman–Crippen LogP) is 2.60. The van der Waals surface area contributed by atoms with Gasteiger partial charge in [-0.3, -0.25) is 4.79 Å². The van der Waals surface area contributed by atoms with Gasteiger partial charge in [-0.2, -0.15) is 0 Å². The fraction of sp³-hybridized carbons (Fsp3) is 0.125. The van der Waals surface area contributed by atoms with Crippen LogP contribution in [-0.2, 0) is 4.79 Å². The van der Waals surface area contributed by atoms with Crippen LogP contribution in [0.15, 0.2) is 53.2 Å². The first-order chi connectivity index (χ1) is 10.1. The molecular weight excluding hydrogens is 270 g/mol. The summed E-state index contributed by atoms with van der Waals surface area (Å²) in [4.78, 5) is 25.0. The highest BCUT2D eigenvalue weighted by molar-refractivity contribution is 5.94. The van der Waals surface area contributed by atoms with E-state index < -0.39 is 5.97 Å². The average molecular weight is 285 g/mol. The van der Waals surface area contributed by atoms with Crippen molar-refractivity contribution in [3.05, 3.63) is 60.1 Å². The largest absolute Gasteiger partial charge is 0.465 e. The zero-order chi connectivity index (χ0) is 15.2. The fourth-order valence-corrected chi connectivity index (χ4v) is 1.64. The van der Waals surface area contributed by atoms with Gasteiger partial charge in [-0.15, -0.1) is 0 Å². The van der Waals surface area contributed by atoms with Crippen LogP contribution in [0.25, 0.3) is 6.08 Å². The summed E-state index contributed by atoms with van der Waals surface area (Å²) >= 11 is 0. The summed E-state index contributed by atoms with van der Waals surface area (Å²) in [7, 11) is 3.32. The maximum atomic E-state index is 11.8. The molecule has 0 saturated heterocycles. The Kier molecular flexibility index (Phi) is 4.56. The molecule has 1 aromatic heterocycles. The number of hydrogen-bond donors (Lipinski definition) is 0. The van der Waals surface area contributed by atoms with Crippen molar-refractivity contribution in [1.29, 1.82) is 0 Å². The van der Waals surface area contributed by atoms with Crippen molar-refractivity contribution in [1.82, 2.24) is 4.90 Å². The minimum Gasteiger partial charge on any atom is -0.465 e. The lowest BCUT2D eigenvalue weighted by atomic mass is 10.2. The van der Waals surface area contributed by atoms with Crippen molar-refractivity contribution in [2.24, 2.45) is 0 Å². The minimum atomic E-state index is -0.541. The van der Waals surface area contributed by atoms with Gasteiger partial charge in [0, 0.05) is 25.7 Å². The Morgan fingerprint density at radius 3 is 2.67 bits per heavy atom. The van der Waals surface area contributed by atoms with Crippen molar-refractivity contribution >= 4 is 18.0 Å². The highest BCUT2D eigenvalue weighted by Crippen LogP contribution is 2.15. The highest BCUT2D eigenvalue weighted by atomic mass is 16.5. The van der Waals surface area contributed by atoms with Gasteiger partial charge in [0.1, 0.15) is 11.5 Å². The molecule has 0 atom stereocenters. The van der Waals surface area contributed by atoms with E-state index >= 15 is 0 Å². The SMILES string of the molecule is CN(C)C(=O)c1cccc(OC(=O)C=Cc2ccco2)c1. The summed E-state index contributed by atoms with van der Waals surface area (Å²) in [6.45, 7) is 0. The van der Waals surface area contributed by atoms with Gasteiger partial charge in [0.15, 0.2) is 0 Å². The molecule has 1 heterocycles. The zero-order valence-electron chi connectivity index (χ0n) is 11.8. The first kappa shape index (κ1) is 14.6. The van der Waals surface area contributed by atoms with E-state index in [2.05, 4.69) is 0 Å². The number of nitrogens with zero attached hydrogens (tertiary/aromatic N) is 1. The standard InChI is InChI=1S/C16H15NO4/c1-17(2)16(19)12-5-3-6-14(11-12)21-15(18)9-8-13-7-4-10-20-13/h3-11H,1-2H3. The predicted molar refractivity (Wildman–Crippen MR) is 77.8 cm³/mol.